The Morgan fingerprint density at radius 2 is 1.88 bits per heavy atom. The lowest BCUT2D eigenvalue weighted by atomic mass is 10.2. The summed E-state index contributed by atoms with van der Waals surface area (Å²) in [4.78, 5) is 13.1. The highest BCUT2D eigenvalue weighted by atomic mass is 35.5. The number of nitrogens with zero attached hydrogens (tertiary/aromatic N) is 1. The van der Waals surface area contributed by atoms with Crippen LogP contribution in [0.25, 0.3) is 0 Å². The molecule has 0 unspecified atom stereocenters. The smallest absolute Gasteiger partial charge is 0.375 e. The molecule has 17 heavy (non-hydrogen) atoms. The van der Waals surface area contributed by atoms with Crippen molar-refractivity contribution in [2.45, 2.75) is 19.6 Å². The summed E-state index contributed by atoms with van der Waals surface area (Å²) in [5.74, 6) is 0.629. The molecular formula is C12H16ClNO2S. The van der Waals surface area contributed by atoms with E-state index in [1.807, 2.05) is 38.1 Å². The summed E-state index contributed by atoms with van der Waals surface area (Å²) in [5, 5.41) is 0.707. The summed E-state index contributed by atoms with van der Waals surface area (Å²) < 4.78 is 5.09. The van der Waals surface area contributed by atoms with Crippen LogP contribution in [-0.4, -0.2) is 24.1 Å². The molecule has 5 heteroatoms. The first kappa shape index (κ1) is 14.2. The molecule has 0 heterocycles. The van der Waals surface area contributed by atoms with Crippen LogP contribution in [-0.2, 0) is 9.94 Å². The van der Waals surface area contributed by atoms with Crippen LogP contribution in [0.15, 0.2) is 24.3 Å². The average Bonchev–Trinajstić information content (AvgIpc) is 2.33. The van der Waals surface area contributed by atoms with E-state index in [4.69, 9.17) is 15.8 Å². The molecule has 0 aliphatic rings. The molecule has 0 bridgehead atoms. The third kappa shape index (κ3) is 4.88. The van der Waals surface area contributed by atoms with E-state index < -0.39 is 0 Å². The van der Waals surface area contributed by atoms with Crippen molar-refractivity contribution in [1.29, 1.82) is 0 Å². The Morgan fingerprint density at radius 1 is 1.29 bits per heavy atom. The van der Waals surface area contributed by atoms with Gasteiger partial charge in [0.05, 0.1) is 17.8 Å². The normalized spacial score (nSPS) is 10.1. The Morgan fingerprint density at radius 3 is 2.41 bits per heavy atom. The molecule has 0 spiro atoms. The van der Waals surface area contributed by atoms with Crippen LogP contribution >= 0.6 is 23.6 Å². The zero-order chi connectivity index (χ0) is 12.7. The number of amides is 1. The van der Waals surface area contributed by atoms with Crippen molar-refractivity contribution in [2.24, 2.45) is 0 Å². The molecule has 1 amide bonds. The van der Waals surface area contributed by atoms with E-state index in [1.165, 1.54) is 0 Å². The van der Waals surface area contributed by atoms with Crippen LogP contribution in [0, 0.1) is 0 Å². The van der Waals surface area contributed by atoms with Crippen LogP contribution in [0.2, 0.25) is 5.02 Å². The molecule has 0 saturated carbocycles. The van der Waals surface area contributed by atoms with Crippen molar-refractivity contribution in [3.8, 4) is 0 Å². The van der Waals surface area contributed by atoms with E-state index in [0.717, 1.165) is 17.6 Å². The fourth-order valence-electron chi connectivity index (χ4n) is 1.26. The van der Waals surface area contributed by atoms with Gasteiger partial charge in [0.15, 0.2) is 0 Å². The molecule has 0 aliphatic carbocycles. The van der Waals surface area contributed by atoms with Crippen LogP contribution in [0.5, 0.6) is 0 Å². The Balaban J connectivity index is 2.32. The van der Waals surface area contributed by atoms with Crippen LogP contribution in [0.4, 0.5) is 4.79 Å². The molecule has 0 N–H and O–H groups in total. The van der Waals surface area contributed by atoms with Crippen molar-refractivity contribution in [2.75, 3.05) is 13.1 Å². The lowest BCUT2D eigenvalue weighted by molar-refractivity contribution is 0.165. The van der Waals surface area contributed by atoms with E-state index in [1.54, 1.807) is 4.90 Å². The fraction of sp³-hybridized carbons (Fsp3) is 0.417. The van der Waals surface area contributed by atoms with Crippen LogP contribution in [0.3, 0.4) is 0 Å². The minimum atomic E-state index is -0.283. The van der Waals surface area contributed by atoms with Gasteiger partial charge in [0.1, 0.15) is 0 Å². The zero-order valence-corrected chi connectivity index (χ0v) is 11.6. The molecule has 0 radical (unpaired) electrons. The summed E-state index contributed by atoms with van der Waals surface area (Å²) in [5.41, 5.74) is 1.08. The van der Waals surface area contributed by atoms with Gasteiger partial charge in [-0.25, -0.2) is 4.79 Å². The highest BCUT2D eigenvalue weighted by Gasteiger charge is 2.10. The van der Waals surface area contributed by atoms with Gasteiger partial charge in [0.2, 0.25) is 0 Å². The van der Waals surface area contributed by atoms with Crippen molar-refractivity contribution in [1.82, 2.24) is 4.90 Å². The number of carbonyl (C=O) groups excluding carboxylic acids is 1. The second-order valence-corrected chi connectivity index (χ2v) is 4.54. The minimum absolute atomic E-state index is 0.283. The summed E-state index contributed by atoms with van der Waals surface area (Å²) in [6, 6.07) is 7.48. The largest absolute Gasteiger partial charge is 0.421 e. The Kier molecular flexibility index (Phi) is 6.22. The van der Waals surface area contributed by atoms with E-state index in [0.29, 0.717) is 23.9 Å². The van der Waals surface area contributed by atoms with Crippen molar-refractivity contribution < 1.29 is 8.98 Å². The topological polar surface area (TPSA) is 29.5 Å². The molecule has 0 aromatic heterocycles. The predicted octanol–water partition coefficient (Wildman–Crippen LogP) is 3.97. The van der Waals surface area contributed by atoms with Gasteiger partial charge in [0.25, 0.3) is 0 Å². The summed E-state index contributed by atoms with van der Waals surface area (Å²) in [6.45, 7) is 5.18. The van der Waals surface area contributed by atoms with E-state index >= 15 is 0 Å². The summed E-state index contributed by atoms with van der Waals surface area (Å²) in [6.07, 6.45) is -0.283. The van der Waals surface area contributed by atoms with Gasteiger partial charge in [-0.2, -0.15) is 0 Å². The van der Waals surface area contributed by atoms with Crippen molar-refractivity contribution in [3.05, 3.63) is 34.9 Å². The van der Waals surface area contributed by atoms with Crippen molar-refractivity contribution >= 4 is 29.7 Å². The number of benzene rings is 1. The zero-order valence-electron chi connectivity index (χ0n) is 9.98. The molecule has 0 atom stereocenters. The number of halogens is 1. The highest BCUT2D eigenvalue weighted by molar-refractivity contribution is 7.94. The second-order valence-electron chi connectivity index (χ2n) is 3.41. The SMILES string of the molecule is CCN(CC)C(=O)OSCc1ccc(Cl)cc1. The summed E-state index contributed by atoms with van der Waals surface area (Å²) >= 11 is 6.92. The third-order valence-corrected chi connectivity index (χ3v) is 3.25. The highest BCUT2D eigenvalue weighted by Crippen LogP contribution is 2.17. The fourth-order valence-corrected chi connectivity index (χ4v) is 1.98. The minimum Gasteiger partial charge on any atom is -0.375 e. The van der Waals surface area contributed by atoms with E-state index in [9.17, 15) is 4.79 Å². The molecule has 1 aromatic rings. The summed E-state index contributed by atoms with van der Waals surface area (Å²) in [7, 11) is 0. The van der Waals surface area contributed by atoms with E-state index in [2.05, 4.69) is 0 Å². The lowest BCUT2D eigenvalue weighted by Gasteiger charge is -2.16. The standard InChI is InChI=1S/C12H16ClNO2S/c1-3-14(4-2)12(15)16-17-9-10-5-7-11(13)8-6-10/h5-8H,3-4,9H2,1-2H3. The maximum atomic E-state index is 11.5. The molecule has 3 nitrogen and oxygen atoms in total. The van der Waals surface area contributed by atoms with E-state index in [-0.39, 0.29) is 6.09 Å². The first-order valence-corrected chi connectivity index (χ1v) is 6.79. The molecule has 1 aromatic carbocycles. The predicted molar refractivity (Wildman–Crippen MR) is 72.1 cm³/mol. The lowest BCUT2D eigenvalue weighted by Crippen LogP contribution is -2.29. The Bertz CT molecular complexity index is 352. The molecule has 94 valence electrons. The van der Waals surface area contributed by atoms with Crippen LogP contribution < -0.4 is 0 Å². The molecule has 0 fully saturated rings. The van der Waals surface area contributed by atoms with Gasteiger partial charge in [-0.1, -0.05) is 23.7 Å². The van der Waals surface area contributed by atoms with Gasteiger partial charge in [-0.15, -0.1) is 0 Å². The average molecular weight is 274 g/mol. The number of hydrogen-bond acceptors (Lipinski definition) is 3. The van der Waals surface area contributed by atoms with Gasteiger partial charge < -0.3 is 9.08 Å². The van der Waals surface area contributed by atoms with Crippen LogP contribution in [0.1, 0.15) is 19.4 Å². The Labute approximate surface area is 111 Å². The van der Waals surface area contributed by atoms with Crippen molar-refractivity contribution in [3.63, 3.8) is 0 Å². The maximum Gasteiger partial charge on any atom is 0.421 e. The van der Waals surface area contributed by atoms with Gasteiger partial charge in [0, 0.05) is 18.1 Å². The first-order valence-electron chi connectivity index (χ1n) is 5.50. The quantitative estimate of drug-likeness (QED) is 0.761. The van der Waals surface area contributed by atoms with Gasteiger partial charge in [-0.05, 0) is 31.5 Å². The Hall–Kier alpha value is -0.870. The molecule has 0 saturated heterocycles. The van der Waals surface area contributed by atoms with Gasteiger partial charge in [-0.3, -0.25) is 0 Å². The number of carbonyl (C=O) groups is 1. The maximum absolute atomic E-state index is 11.5. The third-order valence-electron chi connectivity index (χ3n) is 2.29. The molecule has 0 aliphatic heterocycles. The molecule has 1 rings (SSSR count). The monoisotopic (exact) mass is 273 g/mol. The van der Waals surface area contributed by atoms with Gasteiger partial charge >= 0.3 is 6.09 Å². The second kappa shape index (κ2) is 7.45. The first-order chi connectivity index (χ1) is 8.17. The molecular weight excluding hydrogens is 258 g/mol. The number of rotatable bonds is 5. The number of hydrogen-bond donors (Lipinski definition) is 0.